The van der Waals surface area contributed by atoms with Crippen LogP contribution in [0.3, 0.4) is 0 Å². The lowest BCUT2D eigenvalue weighted by atomic mass is 9.79. The number of rotatable bonds is 3. The van der Waals surface area contributed by atoms with Gasteiger partial charge in [0.05, 0.1) is 6.54 Å². The largest absolute Gasteiger partial charge is 0.325 e. The molecule has 2 N–H and O–H groups in total. The normalized spacial score (nSPS) is 23.8. The van der Waals surface area contributed by atoms with Crippen molar-refractivity contribution in [3.63, 3.8) is 0 Å². The summed E-state index contributed by atoms with van der Waals surface area (Å²) in [7, 11) is 0. The molecule has 1 unspecified atom stereocenters. The lowest BCUT2D eigenvalue weighted by Gasteiger charge is -2.34. The highest BCUT2D eigenvalue weighted by atomic mass is 35.5. The third-order valence-electron chi connectivity index (χ3n) is 5.67. The molecular weight excluding hydrogens is 350 g/mol. The summed E-state index contributed by atoms with van der Waals surface area (Å²) in [5.74, 6) is 0.0834. The molecular formula is C20H24ClN3O2. The van der Waals surface area contributed by atoms with E-state index in [1.54, 1.807) is 0 Å². The van der Waals surface area contributed by atoms with Gasteiger partial charge in [-0.1, -0.05) is 42.5 Å². The Morgan fingerprint density at radius 2 is 1.77 bits per heavy atom. The molecule has 138 valence electrons. The van der Waals surface area contributed by atoms with E-state index in [4.69, 9.17) is 0 Å². The maximum atomic E-state index is 13.1. The second kappa shape index (κ2) is 7.25. The molecule has 2 aliphatic rings. The quantitative estimate of drug-likeness (QED) is 0.813. The highest BCUT2D eigenvalue weighted by Crippen LogP contribution is 2.33. The Kier molecular flexibility index (Phi) is 5.21. The van der Waals surface area contributed by atoms with Crippen LogP contribution in [0.15, 0.2) is 42.5 Å². The number of hydrogen-bond acceptors (Lipinski definition) is 3. The molecule has 4 rings (SSSR count). The molecule has 0 aliphatic carbocycles. The van der Waals surface area contributed by atoms with Crippen LogP contribution >= 0.6 is 12.4 Å². The lowest BCUT2D eigenvalue weighted by molar-refractivity contribution is -0.133. The first kappa shape index (κ1) is 18.7. The van der Waals surface area contributed by atoms with Crippen LogP contribution < -0.4 is 10.6 Å². The van der Waals surface area contributed by atoms with E-state index < -0.39 is 5.54 Å². The van der Waals surface area contributed by atoms with E-state index in [1.807, 2.05) is 49.4 Å². The fourth-order valence-electron chi connectivity index (χ4n) is 4.14. The summed E-state index contributed by atoms with van der Waals surface area (Å²) in [5.41, 5.74) is 0.209. The van der Waals surface area contributed by atoms with E-state index in [0.29, 0.717) is 6.54 Å². The number of halogens is 1. The molecule has 3 amide bonds. The maximum Gasteiger partial charge on any atom is 0.325 e. The van der Waals surface area contributed by atoms with Crippen LogP contribution in [0.4, 0.5) is 4.79 Å². The van der Waals surface area contributed by atoms with E-state index in [9.17, 15) is 9.59 Å². The van der Waals surface area contributed by atoms with Gasteiger partial charge in [0.2, 0.25) is 0 Å². The third-order valence-corrected chi connectivity index (χ3v) is 5.67. The average molecular weight is 374 g/mol. The molecule has 0 spiro atoms. The van der Waals surface area contributed by atoms with Gasteiger partial charge in [-0.3, -0.25) is 9.69 Å². The van der Waals surface area contributed by atoms with Gasteiger partial charge in [-0.05, 0) is 55.1 Å². The number of fused-ring (bicyclic) bond motifs is 1. The predicted octanol–water partition coefficient (Wildman–Crippen LogP) is 3.07. The SMILES string of the molecule is CC1(C2CCNCC2)NC(=O)N(Cc2cccc3ccccc23)C1=O.Cl. The molecule has 0 radical (unpaired) electrons. The van der Waals surface area contributed by atoms with Gasteiger partial charge in [-0.2, -0.15) is 0 Å². The molecule has 26 heavy (non-hydrogen) atoms. The number of carbonyl (C=O) groups is 2. The van der Waals surface area contributed by atoms with Crippen LogP contribution in [0.25, 0.3) is 10.8 Å². The molecule has 0 aromatic heterocycles. The Labute approximate surface area is 159 Å². The Balaban J connectivity index is 0.00000196. The van der Waals surface area contributed by atoms with Crippen molar-refractivity contribution in [3.05, 3.63) is 48.0 Å². The van der Waals surface area contributed by atoms with Crippen molar-refractivity contribution in [2.24, 2.45) is 5.92 Å². The van der Waals surface area contributed by atoms with E-state index in [2.05, 4.69) is 10.6 Å². The predicted molar refractivity (Wildman–Crippen MR) is 104 cm³/mol. The van der Waals surface area contributed by atoms with Crippen LogP contribution in [0.1, 0.15) is 25.3 Å². The molecule has 2 aromatic rings. The van der Waals surface area contributed by atoms with Crippen molar-refractivity contribution in [3.8, 4) is 0 Å². The van der Waals surface area contributed by atoms with Crippen LogP contribution in [-0.4, -0.2) is 35.5 Å². The number of urea groups is 1. The number of benzene rings is 2. The van der Waals surface area contributed by atoms with Gasteiger partial charge < -0.3 is 10.6 Å². The molecule has 0 bridgehead atoms. The number of imide groups is 1. The fourth-order valence-corrected chi connectivity index (χ4v) is 4.14. The topological polar surface area (TPSA) is 61.4 Å². The van der Waals surface area contributed by atoms with Gasteiger partial charge in [-0.25, -0.2) is 4.79 Å². The third kappa shape index (κ3) is 3.06. The molecule has 5 nitrogen and oxygen atoms in total. The Morgan fingerprint density at radius 1 is 1.08 bits per heavy atom. The number of nitrogens with one attached hydrogen (secondary N) is 2. The zero-order valence-electron chi connectivity index (χ0n) is 14.8. The van der Waals surface area contributed by atoms with Gasteiger partial charge in [0, 0.05) is 0 Å². The zero-order valence-corrected chi connectivity index (χ0v) is 15.6. The molecule has 2 aliphatic heterocycles. The van der Waals surface area contributed by atoms with E-state index in [1.165, 1.54) is 4.90 Å². The molecule has 2 saturated heterocycles. The van der Waals surface area contributed by atoms with E-state index in [-0.39, 0.29) is 30.3 Å². The van der Waals surface area contributed by atoms with Crippen molar-refractivity contribution < 1.29 is 9.59 Å². The van der Waals surface area contributed by atoms with Crippen molar-refractivity contribution in [2.75, 3.05) is 13.1 Å². The van der Waals surface area contributed by atoms with Gasteiger partial charge in [0.15, 0.2) is 0 Å². The Bertz CT molecular complexity index is 829. The van der Waals surface area contributed by atoms with Crippen LogP contribution in [-0.2, 0) is 11.3 Å². The van der Waals surface area contributed by atoms with Gasteiger partial charge in [0.1, 0.15) is 5.54 Å². The second-order valence-electron chi connectivity index (χ2n) is 7.19. The summed E-state index contributed by atoms with van der Waals surface area (Å²) in [6.45, 7) is 3.98. The summed E-state index contributed by atoms with van der Waals surface area (Å²) in [6, 6.07) is 13.8. The van der Waals surface area contributed by atoms with Crippen molar-refractivity contribution in [2.45, 2.75) is 31.8 Å². The standard InChI is InChI=1S/C20H23N3O2.ClH/c1-20(16-9-11-21-12-10-16)18(24)23(19(25)22-20)13-15-7-4-6-14-5-2-3-8-17(14)15;/h2-8,16,21H,9-13H2,1H3,(H,22,25);1H. The molecule has 1 atom stereocenters. The van der Waals surface area contributed by atoms with Crippen LogP contribution in [0, 0.1) is 5.92 Å². The minimum absolute atomic E-state index is 0. The van der Waals surface area contributed by atoms with Gasteiger partial charge >= 0.3 is 6.03 Å². The lowest BCUT2D eigenvalue weighted by Crippen LogP contribution is -2.53. The highest BCUT2D eigenvalue weighted by molar-refractivity contribution is 6.07. The van der Waals surface area contributed by atoms with E-state index in [0.717, 1.165) is 42.3 Å². The van der Waals surface area contributed by atoms with E-state index >= 15 is 0 Å². The summed E-state index contributed by atoms with van der Waals surface area (Å²) in [4.78, 5) is 27.0. The second-order valence-corrected chi connectivity index (χ2v) is 7.19. The van der Waals surface area contributed by atoms with Crippen molar-refractivity contribution in [1.29, 1.82) is 0 Å². The van der Waals surface area contributed by atoms with Crippen LogP contribution in [0.2, 0.25) is 0 Å². The number of hydrogen-bond donors (Lipinski definition) is 2. The minimum Gasteiger partial charge on any atom is -0.323 e. The van der Waals surface area contributed by atoms with Crippen molar-refractivity contribution >= 4 is 35.1 Å². The first-order valence-electron chi connectivity index (χ1n) is 8.91. The van der Waals surface area contributed by atoms with Gasteiger partial charge in [-0.15, -0.1) is 12.4 Å². The summed E-state index contributed by atoms with van der Waals surface area (Å²) in [5, 5.41) is 8.50. The molecule has 2 fully saturated rings. The number of carbonyl (C=O) groups excluding carboxylic acids is 2. The maximum absolute atomic E-state index is 13.1. The smallest absolute Gasteiger partial charge is 0.323 e. The highest BCUT2D eigenvalue weighted by Gasteiger charge is 2.52. The zero-order chi connectivity index (χ0) is 17.4. The summed E-state index contributed by atoms with van der Waals surface area (Å²) in [6.07, 6.45) is 1.81. The molecule has 2 aromatic carbocycles. The number of amides is 3. The summed E-state index contributed by atoms with van der Waals surface area (Å²) >= 11 is 0. The minimum atomic E-state index is -0.788. The van der Waals surface area contributed by atoms with Gasteiger partial charge in [0.25, 0.3) is 5.91 Å². The van der Waals surface area contributed by atoms with Crippen molar-refractivity contribution in [1.82, 2.24) is 15.5 Å². The number of nitrogens with zero attached hydrogens (tertiary/aromatic N) is 1. The van der Waals surface area contributed by atoms with Crippen LogP contribution in [0.5, 0.6) is 0 Å². The number of piperidine rings is 1. The fraction of sp³-hybridized carbons (Fsp3) is 0.400. The summed E-state index contributed by atoms with van der Waals surface area (Å²) < 4.78 is 0. The first-order chi connectivity index (χ1) is 12.1. The molecule has 0 saturated carbocycles. The molecule has 2 heterocycles. The Morgan fingerprint density at radius 3 is 2.54 bits per heavy atom. The monoisotopic (exact) mass is 373 g/mol. The molecule has 6 heteroatoms. The average Bonchev–Trinajstić information content (AvgIpc) is 2.87. The first-order valence-corrected chi connectivity index (χ1v) is 8.91. The Hall–Kier alpha value is -2.11.